The number of carbonyl (C=O) groups excluding carboxylic acids is 2. The van der Waals surface area contributed by atoms with Crippen LogP contribution in [0.4, 0.5) is 10.5 Å². The van der Waals surface area contributed by atoms with Crippen LogP contribution in [0.15, 0.2) is 30.5 Å². The van der Waals surface area contributed by atoms with Crippen LogP contribution >= 0.6 is 37.2 Å². The molecule has 1 aromatic heterocycles. The highest BCUT2D eigenvalue weighted by Gasteiger charge is 2.43. The summed E-state index contributed by atoms with van der Waals surface area (Å²) in [6.07, 6.45) is 4.40. The van der Waals surface area contributed by atoms with Gasteiger partial charge in [0.05, 0.1) is 31.3 Å². The minimum absolute atomic E-state index is 0. The molecule has 2 amide bonds. The molecule has 3 aliphatic heterocycles. The van der Waals surface area contributed by atoms with E-state index in [1.165, 1.54) is 17.7 Å². The van der Waals surface area contributed by atoms with Crippen molar-refractivity contribution in [3.8, 4) is 11.3 Å². The molecule has 1 aromatic carbocycles. The number of piperidine rings is 1. The molecule has 252 valence electrons. The topological polar surface area (TPSA) is 181 Å². The Balaban J connectivity index is 0.00000235. The third-order valence-electron chi connectivity index (χ3n) is 8.54. The number of sulfonamides is 1. The Morgan fingerprint density at radius 3 is 2.22 bits per heavy atom. The smallest absolute Gasteiger partial charge is 0.411 e. The van der Waals surface area contributed by atoms with E-state index >= 15 is 0 Å². The maximum atomic E-state index is 13.9. The molecule has 14 nitrogen and oxygen atoms in total. The summed E-state index contributed by atoms with van der Waals surface area (Å²) in [6, 6.07) is 7.11. The highest BCUT2D eigenvalue weighted by Crippen LogP contribution is 2.37. The number of H-pyrrole nitrogens is 1. The van der Waals surface area contributed by atoms with Crippen molar-refractivity contribution in [1.82, 2.24) is 29.0 Å². The summed E-state index contributed by atoms with van der Waals surface area (Å²) in [5.74, 6) is 0.656. The van der Waals surface area contributed by atoms with Gasteiger partial charge in [0.15, 0.2) is 5.96 Å². The molecule has 2 atom stereocenters. The zero-order valence-corrected chi connectivity index (χ0v) is 28.4. The van der Waals surface area contributed by atoms with E-state index in [1.54, 1.807) is 23.2 Å². The monoisotopic (exact) mass is 709 g/mol. The lowest BCUT2D eigenvalue weighted by Gasteiger charge is -2.37. The van der Waals surface area contributed by atoms with Crippen molar-refractivity contribution in [1.29, 1.82) is 5.41 Å². The number of piperazine rings is 1. The van der Waals surface area contributed by atoms with Crippen molar-refractivity contribution < 1.29 is 22.7 Å². The minimum atomic E-state index is -3.24. The van der Waals surface area contributed by atoms with E-state index in [0.717, 1.165) is 11.3 Å². The van der Waals surface area contributed by atoms with Crippen LogP contribution in [0, 0.1) is 11.3 Å². The van der Waals surface area contributed by atoms with Gasteiger partial charge in [0, 0.05) is 63.5 Å². The van der Waals surface area contributed by atoms with Gasteiger partial charge in [0.2, 0.25) is 15.9 Å². The Morgan fingerprint density at radius 1 is 1.04 bits per heavy atom. The number of halogens is 3. The first kappa shape index (κ1) is 38.4. The van der Waals surface area contributed by atoms with Crippen molar-refractivity contribution in [3.63, 3.8) is 0 Å². The van der Waals surface area contributed by atoms with Crippen LogP contribution in [-0.4, -0.2) is 121 Å². The number of aromatic nitrogens is 2. The van der Waals surface area contributed by atoms with Crippen molar-refractivity contribution in [2.24, 2.45) is 11.7 Å². The summed E-state index contributed by atoms with van der Waals surface area (Å²) in [7, 11) is -1.93. The molecule has 0 aliphatic carbocycles. The fourth-order valence-electron chi connectivity index (χ4n) is 6.14. The molecule has 3 fully saturated rings. The molecule has 5 rings (SSSR count). The fraction of sp³-hybridized carbons (Fsp3) is 0.556. The predicted molar refractivity (Wildman–Crippen MR) is 179 cm³/mol. The average Bonchev–Trinajstić information content (AvgIpc) is 3.65. The van der Waals surface area contributed by atoms with Crippen molar-refractivity contribution in [3.05, 3.63) is 36.3 Å². The number of nitrogens with zero attached hydrogens (tertiary/aromatic N) is 5. The molecule has 3 saturated heterocycles. The third-order valence-corrected chi connectivity index (χ3v) is 9.85. The molecular weight excluding hydrogens is 669 g/mol. The Bertz CT molecular complexity index is 1410. The number of hydrogen-bond acceptors (Lipinski definition) is 8. The number of aromatic amines is 1. The standard InChI is InChI=1S/C27H39N9O5S.3ClH/c1-41-27(38)31-20-5-3-18(4-6-20)22-16-30-24(32-22)23-15-21(33-11-13-35(14-12-33)42(2,39)40)17-36(23)25(37)19-7-9-34(10-8-19)26(28)29;;;/h3-6,16,19,21,23H,7-15,17H2,1-2H3,(H3,28,29)(H,30,32)(H,31,38);3*1H/t21-,23-;;;/m0.../s1. The zero-order valence-electron chi connectivity index (χ0n) is 25.2. The average molecular weight is 711 g/mol. The van der Waals surface area contributed by atoms with Crippen LogP contribution < -0.4 is 11.1 Å². The van der Waals surface area contributed by atoms with E-state index in [9.17, 15) is 18.0 Å². The van der Waals surface area contributed by atoms with Crippen LogP contribution in [0.5, 0.6) is 0 Å². The first-order valence-corrected chi connectivity index (χ1v) is 16.0. The number of amides is 2. The van der Waals surface area contributed by atoms with Gasteiger partial charge in [-0.2, -0.15) is 4.31 Å². The van der Waals surface area contributed by atoms with Crippen LogP contribution in [0.1, 0.15) is 31.1 Å². The number of likely N-dealkylation sites (tertiary alicyclic amines) is 2. The lowest BCUT2D eigenvalue weighted by atomic mass is 9.95. The fourth-order valence-corrected chi connectivity index (χ4v) is 6.96. The number of nitrogens with one attached hydrogen (secondary N) is 3. The van der Waals surface area contributed by atoms with Crippen LogP contribution in [-0.2, 0) is 19.6 Å². The normalized spacial score (nSPS) is 21.2. The molecule has 3 aliphatic rings. The second kappa shape index (κ2) is 16.1. The van der Waals surface area contributed by atoms with Gasteiger partial charge >= 0.3 is 6.09 Å². The molecular formula is C27H42Cl3N9O5S. The SMILES string of the molecule is COC(=O)Nc1ccc(-c2cnc([C@@H]3C[C@H](N4CCN(S(C)(=O)=O)CC4)CN3C(=O)C3CCN(C(=N)N)CC3)[nH]2)cc1.Cl.Cl.Cl. The largest absolute Gasteiger partial charge is 0.453 e. The second-order valence-electron chi connectivity index (χ2n) is 11.1. The van der Waals surface area contributed by atoms with Crippen LogP contribution in [0.25, 0.3) is 11.3 Å². The Kier molecular flexibility index (Phi) is 13.8. The third kappa shape index (κ3) is 8.92. The summed E-state index contributed by atoms with van der Waals surface area (Å²) in [5, 5.41) is 10.3. The van der Waals surface area contributed by atoms with E-state index in [1.807, 2.05) is 17.0 Å². The minimum Gasteiger partial charge on any atom is -0.453 e. The Labute approximate surface area is 282 Å². The molecule has 0 unspecified atom stereocenters. The second-order valence-corrected chi connectivity index (χ2v) is 13.1. The highest BCUT2D eigenvalue weighted by atomic mass is 35.5. The molecule has 45 heavy (non-hydrogen) atoms. The van der Waals surface area contributed by atoms with E-state index < -0.39 is 16.1 Å². The van der Waals surface area contributed by atoms with Gasteiger partial charge < -0.3 is 25.3 Å². The van der Waals surface area contributed by atoms with Gasteiger partial charge in [-0.1, -0.05) is 12.1 Å². The summed E-state index contributed by atoms with van der Waals surface area (Å²) in [4.78, 5) is 39.6. The number of ether oxygens (including phenoxy) is 1. The summed E-state index contributed by atoms with van der Waals surface area (Å²) >= 11 is 0. The lowest BCUT2D eigenvalue weighted by molar-refractivity contribution is -0.138. The number of hydrogen-bond donors (Lipinski definition) is 4. The number of imidazole rings is 1. The lowest BCUT2D eigenvalue weighted by Crippen LogP contribution is -2.52. The maximum absolute atomic E-state index is 13.9. The van der Waals surface area contributed by atoms with Crippen molar-refractivity contribution in [2.75, 3.05) is 64.5 Å². The van der Waals surface area contributed by atoms with Crippen LogP contribution in [0.2, 0.25) is 0 Å². The molecule has 4 heterocycles. The quantitative estimate of drug-likeness (QED) is 0.259. The molecule has 18 heteroatoms. The molecule has 2 aromatic rings. The zero-order chi connectivity index (χ0) is 30.0. The Hall–Kier alpha value is -2.82. The predicted octanol–water partition coefficient (Wildman–Crippen LogP) is 2.35. The van der Waals surface area contributed by atoms with Gasteiger partial charge in [-0.15, -0.1) is 37.2 Å². The summed E-state index contributed by atoms with van der Waals surface area (Å²) < 4.78 is 30.2. The molecule has 5 N–H and O–H groups in total. The van der Waals surface area contributed by atoms with Gasteiger partial charge in [0.25, 0.3) is 0 Å². The summed E-state index contributed by atoms with van der Waals surface area (Å²) in [6.45, 7) is 3.78. The molecule has 0 radical (unpaired) electrons. The Morgan fingerprint density at radius 2 is 1.67 bits per heavy atom. The van der Waals surface area contributed by atoms with E-state index in [0.29, 0.717) is 76.6 Å². The number of rotatable bonds is 6. The summed E-state index contributed by atoms with van der Waals surface area (Å²) in [5.41, 5.74) is 7.94. The molecule has 0 spiro atoms. The van der Waals surface area contributed by atoms with E-state index in [4.69, 9.17) is 16.1 Å². The highest BCUT2D eigenvalue weighted by molar-refractivity contribution is 7.88. The van der Waals surface area contributed by atoms with E-state index in [-0.39, 0.29) is 67.1 Å². The number of nitrogens with two attached hydrogens (primary N) is 1. The number of guanidine groups is 1. The molecule has 0 saturated carbocycles. The number of anilines is 1. The van der Waals surface area contributed by atoms with E-state index in [2.05, 4.69) is 19.9 Å². The number of methoxy groups -OCH3 is 1. The van der Waals surface area contributed by atoms with Gasteiger partial charge in [-0.3, -0.25) is 20.4 Å². The van der Waals surface area contributed by atoms with Gasteiger partial charge in [-0.05, 0) is 37.0 Å². The van der Waals surface area contributed by atoms with Crippen molar-refractivity contribution >= 4 is 70.9 Å². The first-order valence-electron chi connectivity index (χ1n) is 14.1. The number of benzene rings is 1. The van der Waals surface area contributed by atoms with Gasteiger partial charge in [0.1, 0.15) is 5.82 Å². The number of carbonyl (C=O) groups is 2. The molecule has 0 bridgehead atoms. The van der Waals surface area contributed by atoms with Gasteiger partial charge in [-0.25, -0.2) is 18.2 Å². The van der Waals surface area contributed by atoms with Crippen molar-refractivity contribution in [2.45, 2.75) is 31.3 Å². The first-order chi connectivity index (χ1) is 20.0. The van der Waals surface area contributed by atoms with Crippen LogP contribution in [0.3, 0.4) is 0 Å². The maximum Gasteiger partial charge on any atom is 0.411 e.